The van der Waals surface area contributed by atoms with E-state index in [0.29, 0.717) is 12.5 Å². The van der Waals surface area contributed by atoms with Gasteiger partial charge in [0.05, 0.1) is 22.5 Å². The van der Waals surface area contributed by atoms with Crippen LogP contribution >= 0.6 is 0 Å². The molecule has 2 rings (SSSR count). The molecule has 0 amide bonds. The van der Waals surface area contributed by atoms with Crippen molar-refractivity contribution in [3.63, 3.8) is 0 Å². The molecule has 21 heavy (non-hydrogen) atoms. The van der Waals surface area contributed by atoms with Gasteiger partial charge in [0.25, 0.3) is 5.69 Å². The lowest BCUT2D eigenvalue weighted by atomic mass is 10.2. The van der Waals surface area contributed by atoms with E-state index in [1.165, 1.54) is 12.1 Å². The first-order valence-corrected chi connectivity index (χ1v) is 6.84. The molecule has 7 nitrogen and oxygen atoms in total. The first-order chi connectivity index (χ1) is 9.97. The van der Waals surface area contributed by atoms with Gasteiger partial charge in [-0.3, -0.25) is 10.1 Å². The molecule has 7 heteroatoms. The van der Waals surface area contributed by atoms with Crippen molar-refractivity contribution in [2.24, 2.45) is 5.92 Å². The lowest BCUT2D eigenvalue weighted by Crippen LogP contribution is -2.19. The van der Waals surface area contributed by atoms with Crippen LogP contribution in [0.4, 0.5) is 5.69 Å². The van der Waals surface area contributed by atoms with Crippen molar-refractivity contribution in [2.45, 2.75) is 27.3 Å². The molecule has 0 unspecified atom stereocenters. The molecule has 2 aromatic rings. The van der Waals surface area contributed by atoms with Gasteiger partial charge >= 0.3 is 0 Å². The molecule has 0 spiro atoms. The van der Waals surface area contributed by atoms with Crippen LogP contribution in [0.5, 0.6) is 0 Å². The summed E-state index contributed by atoms with van der Waals surface area (Å²) in [5.74, 6) is 0.581. The van der Waals surface area contributed by atoms with Gasteiger partial charge < -0.3 is 5.32 Å². The van der Waals surface area contributed by atoms with Crippen LogP contribution in [0.1, 0.15) is 25.1 Å². The first kappa shape index (κ1) is 15.1. The standard InChI is InChI=1S/C14H19N5O2/c1-10(2)7-15-8-12-9-18(17-16-12)14-5-4-13(19(20)21)6-11(14)3/h4-6,9-10,15H,7-8H2,1-3H3. The Balaban J connectivity index is 2.12. The Hall–Kier alpha value is -2.28. The maximum Gasteiger partial charge on any atom is 0.269 e. The van der Waals surface area contributed by atoms with Gasteiger partial charge in [0.2, 0.25) is 0 Å². The summed E-state index contributed by atoms with van der Waals surface area (Å²) in [6.45, 7) is 7.68. The summed E-state index contributed by atoms with van der Waals surface area (Å²) in [4.78, 5) is 10.3. The Labute approximate surface area is 123 Å². The molecule has 0 atom stereocenters. The van der Waals surface area contributed by atoms with Crippen LogP contribution in [0.2, 0.25) is 0 Å². The van der Waals surface area contributed by atoms with Gasteiger partial charge in [-0.2, -0.15) is 0 Å². The highest BCUT2D eigenvalue weighted by Gasteiger charge is 2.10. The van der Waals surface area contributed by atoms with Crippen molar-refractivity contribution >= 4 is 5.69 Å². The second-order valence-corrected chi connectivity index (χ2v) is 5.41. The van der Waals surface area contributed by atoms with Crippen LogP contribution < -0.4 is 5.32 Å². The van der Waals surface area contributed by atoms with Gasteiger partial charge in [-0.05, 0) is 31.0 Å². The molecule has 1 heterocycles. The number of nitro groups is 1. The lowest BCUT2D eigenvalue weighted by Gasteiger charge is -2.05. The number of nitrogens with one attached hydrogen (secondary N) is 1. The zero-order valence-corrected chi connectivity index (χ0v) is 12.4. The van der Waals surface area contributed by atoms with Crippen molar-refractivity contribution in [1.29, 1.82) is 0 Å². The topological polar surface area (TPSA) is 85.9 Å². The summed E-state index contributed by atoms with van der Waals surface area (Å²) in [6.07, 6.45) is 1.83. The SMILES string of the molecule is Cc1cc([N+](=O)[O-])ccc1-n1cc(CNCC(C)C)nn1. The molecule has 0 aliphatic rings. The Morgan fingerprint density at radius 3 is 2.81 bits per heavy atom. The average molecular weight is 289 g/mol. The second-order valence-electron chi connectivity index (χ2n) is 5.41. The van der Waals surface area contributed by atoms with E-state index in [1.54, 1.807) is 10.7 Å². The highest BCUT2D eigenvalue weighted by atomic mass is 16.6. The minimum Gasteiger partial charge on any atom is -0.311 e. The fourth-order valence-electron chi connectivity index (χ4n) is 2.00. The number of non-ortho nitro benzene ring substituents is 1. The average Bonchev–Trinajstić information content (AvgIpc) is 2.86. The summed E-state index contributed by atoms with van der Waals surface area (Å²) in [6, 6.07) is 4.70. The Kier molecular flexibility index (Phi) is 4.64. The van der Waals surface area contributed by atoms with Crippen LogP contribution in [-0.4, -0.2) is 26.5 Å². The molecule has 112 valence electrons. The van der Waals surface area contributed by atoms with Crippen LogP contribution in [-0.2, 0) is 6.54 Å². The Morgan fingerprint density at radius 2 is 2.19 bits per heavy atom. The van der Waals surface area contributed by atoms with E-state index in [1.807, 2.05) is 13.1 Å². The van der Waals surface area contributed by atoms with E-state index in [4.69, 9.17) is 0 Å². The third-order valence-corrected chi connectivity index (χ3v) is 3.04. The fraction of sp³-hybridized carbons (Fsp3) is 0.429. The number of hydrogen-bond acceptors (Lipinski definition) is 5. The molecule has 0 radical (unpaired) electrons. The molecule has 0 aliphatic carbocycles. The van der Waals surface area contributed by atoms with Gasteiger partial charge in [0, 0.05) is 18.7 Å². The molecule has 1 aromatic carbocycles. The van der Waals surface area contributed by atoms with E-state index in [0.717, 1.165) is 23.5 Å². The first-order valence-electron chi connectivity index (χ1n) is 6.84. The van der Waals surface area contributed by atoms with Gasteiger partial charge in [-0.25, -0.2) is 4.68 Å². The zero-order valence-electron chi connectivity index (χ0n) is 12.4. The third-order valence-electron chi connectivity index (χ3n) is 3.04. The smallest absolute Gasteiger partial charge is 0.269 e. The van der Waals surface area contributed by atoms with Gasteiger partial charge in [0.1, 0.15) is 0 Å². The van der Waals surface area contributed by atoms with Gasteiger partial charge in [-0.1, -0.05) is 19.1 Å². The highest BCUT2D eigenvalue weighted by Crippen LogP contribution is 2.19. The zero-order chi connectivity index (χ0) is 15.4. The van der Waals surface area contributed by atoms with E-state index in [-0.39, 0.29) is 5.69 Å². The molecule has 0 saturated heterocycles. The molecule has 0 bridgehead atoms. The maximum atomic E-state index is 10.7. The molecule has 1 aromatic heterocycles. The van der Waals surface area contributed by atoms with Crippen LogP contribution in [0.15, 0.2) is 24.4 Å². The third kappa shape index (κ3) is 3.85. The predicted molar refractivity (Wildman–Crippen MR) is 79.3 cm³/mol. The van der Waals surface area contributed by atoms with E-state index in [9.17, 15) is 10.1 Å². The summed E-state index contributed by atoms with van der Waals surface area (Å²) in [5.41, 5.74) is 2.50. The Bertz CT molecular complexity index is 636. The van der Waals surface area contributed by atoms with Crippen LogP contribution in [0.25, 0.3) is 5.69 Å². The van der Waals surface area contributed by atoms with Crippen LogP contribution in [0.3, 0.4) is 0 Å². The van der Waals surface area contributed by atoms with E-state index < -0.39 is 4.92 Å². The van der Waals surface area contributed by atoms with Crippen molar-refractivity contribution in [1.82, 2.24) is 20.3 Å². The van der Waals surface area contributed by atoms with Crippen molar-refractivity contribution in [3.05, 3.63) is 45.8 Å². The summed E-state index contributed by atoms with van der Waals surface area (Å²) < 4.78 is 1.64. The minimum atomic E-state index is -0.403. The van der Waals surface area contributed by atoms with Crippen LogP contribution in [0, 0.1) is 23.0 Å². The molecular weight excluding hydrogens is 270 g/mol. The fourth-order valence-corrected chi connectivity index (χ4v) is 2.00. The second kappa shape index (κ2) is 6.45. The number of hydrogen-bond donors (Lipinski definition) is 1. The van der Waals surface area contributed by atoms with Crippen molar-refractivity contribution < 1.29 is 4.92 Å². The number of nitro benzene ring substituents is 1. The normalized spacial score (nSPS) is 11.0. The number of aromatic nitrogens is 3. The van der Waals surface area contributed by atoms with Crippen molar-refractivity contribution in [3.8, 4) is 5.69 Å². The van der Waals surface area contributed by atoms with Gasteiger partial charge in [0.15, 0.2) is 0 Å². The number of nitrogens with zero attached hydrogens (tertiary/aromatic N) is 4. The largest absolute Gasteiger partial charge is 0.311 e. The summed E-state index contributed by atoms with van der Waals surface area (Å²) >= 11 is 0. The highest BCUT2D eigenvalue weighted by molar-refractivity contribution is 5.47. The van der Waals surface area contributed by atoms with E-state index >= 15 is 0 Å². The number of aryl methyl sites for hydroxylation is 1. The van der Waals surface area contributed by atoms with Gasteiger partial charge in [-0.15, -0.1) is 5.10 Å². The molecular formula is C14H19N5O2. The molecule has 0 aliphatic heterocycles. The molecule has 0 fully saturated rings. The predicted octanol–water partition coefficient (Wildman–Crippen LogP) is 2.23. The monoisotopic (exact) mass is 289 g/mol. The number of rotatable bonds is 6. The minimum absolute atomic E-state index is 0.0789. The number of benzene rings is 1. The molecule has 1 N–H and O–H groups in total. The quantitative estimate of drug-likeness (QED) is 0.651. The van der Waals surface area contributed by atoms with E-state index in [2.05, 4.69) is 29.5 Å². The molecule has 0 saturated carbocycles. The Morgan fingerprint density at radius 1 is 1.43 bits per heavy atom. The summed E-state index contributed by atoms with van der Waals surface area (Å²) in [7, 11) is 0. The maximum absolute atomic E-state index is 10.7. The lowest BCUT2D eigenvalue weighted by molar-refractivity contribution is -0.384. The summed E-state index contributed by atoms with van der Waals surface area (Å²) in [5, 5.41) is 22.2. The van der Waals surface area contributed by atoms with Crippen molar-refractivity contribution in [2.75, 3.05) is 6.54 Å².